The number of benzene rings is 1. The molecule has 5 nitrogen and oxygen atoms in total. The summed E-state index contributed by atoms with van der Waals surface area (Å²) in [5, 5.41) is 0. The summed E-state index contributed by atoms with van der Waals surface area (Å²) in [6, 6.07) is 6.26. The lowest BCUT2D eigenvalue weighted by Crippen LogP contribution is -2.44. The molecule has 0 saturated heterocycles. The summed E-state index contributed by atoms with van der Waals surface area (Å²) in [7, 11) is -4.27. The fraction of sp³-hybridized carbons (Fsp3) is 0.500. The van der Waals surface area contributed by atoms with Gasteiger partial charge in [0, 0.05) is 12.6 Å². The molecule has 1 aromatic carbocycles. The first kappa shape index (κ1) is 16.1. The zero-order valence-corrected chi connectivity index (χ0v) is 11.9. The third-order valence-corrected chi connectivity index (χ3v) is 4.70. The highest BCUT2D eigenvalue weighted by Gasteiger charge is 2.33. The maximum absolute atomic E-state index is 12.2. The fourth-order valence-corrected chi connectivity index (χ4v) is 3.56. The summed E-state index contributed by atoms with van der Waals surface area (Å²) in [4.78, 5) is 0. The number of hydrogen-bond donors (Lipinski definition) is 2. The van der Waals surface area contributed by atoms with E-state index in [0.29, 0.717) is 24.1 Å². The second kappa shape index (κ2) is 5.82. The minimum atomic E-state index is -4.60. The molecule has 9 heteroatoms. The van der Waals surface area contributed by atoms with Gasteiger partial charge in [-0.25, -0.2) is 0 Å². The Hall–Kier alpha value is -1.32. The molecule has 1 atom stereocenters. The Bertz CT molecular complexity index is 604. The molecule has 0 spiro atoms. The van der Waals surface area contributed by atoms with Gasteiger partial charge in [0.2, 0.25) is 0 Å². The predicted octanol–water partition coefficient (Wildman–Crippen LogP) is 1.68. The van der Waals surface area contributed by atoms with Crippen LogP contribution in [0.5, 0.6) is 0 Å². The topological polar surface area (TPSA) is 75.4 Å². The highest BCUT2D eigenvalue weighted by Crippen LogP contribution is 2.32. The van der Waals surface area contributed by atoms with Crippen molar-refractivity contribution in [2.45, 2.75) is 25.1 Å². The lowest BCUT2D eigenvalue weighted by Gasteiger charge is -2.25. The normalized spacial score (nSPS) is 20.0. The van der Waals surface area contributed by atoms with Gasteiger partial charge in [-0.3, -0.25) is 4.31 Å². The summed E-state index contributed by atoms with van der Waals surface area (Å²) >= 11 is 0. The molecule has 1 heterocycles. The van der Waals surface area contributed by atoms with Crippen LogP contribution in [0.4, 0.5) is 18.9 Å². The second-order valence-corrected chi connectivity index (χ2v) is 6.50. The Morgan fingerprint density at radius 3 is 2.67 bits per heavy atom. The van der Waals surface area contributed by atoms with E-state index in [0.717, 1.165) is 4.31 Å². The molecule has 0 amide bonds. The molecule has 118 valence electrons. The van der Waals surface area contributed by atoms with Crippen LogP contribution in [0.2, 0.25) is 0 Å². The number of fused-ring (bicyclic) bond motifs is 1. The van der Waals surface area contributed by atoms with Crippen molar-refractivity contribution in [3.8, 4) is 0 Å². The van der Waals surface area contributed by atoms with E-state index in [1.54, 1.807) is 29.0 Å². The van der Waals surface area contributed by atoms with Crippen LogP contribution < -0.4 is 14.8 Å². The van der Waals surface area contributed by atoms with Crippen LogP contribution in [0.1, 0.15) is 24.4 Å². The van der Waals surface area contributed by atoms with Gasteiger partial charge in [-0.1, -0.05) is 18.2 Å². The van der Waals surface area contributed by atoms with Crippen LogP contribution >= 0.6 is 0 Å². The number of nitrogens with zero attached hydrogens (tertiary/aromatic N) is 1. The quantitative estimate of drug-likeness (QED) is 0.889. The molecule has 1 aliphatic rings. The van der Waals surface area contributed by atoms with E-state index in [2.05, 4.69) is 0 Å². The fourth-order valence-electron chi connectivity index (χ4n) is 2.26. The molecule has 3 N–H and O–H groups in total. The maximum atomic E-state index is 12.2. The van der Waals surface area contributed by atoms with E-state index in [1.807, 2.05) is 0 Å². The number of rotatable bonds is 3. The van der Waals surface area contributed by atoms with Gasteiger partial charge < -0.3 is 5.73 Å². The van der Waals surface area contributed by atoms with Crippen LogP contribution in [-0.2, 0) is 10.2 Å². The molecule has 21 heavy (non-hydrogen) atoms. The van der Waals surface area contributed by atoms with Crippen LogP contribution in [-0.4, -0.2) is 27.7 Å². The number of alkyl halides is 3. The predicted molar refractivity (Wildman–Crippen MR) is 72.9 cm³/mol. The summed E-state index contributed by atoms with van der Waals surface area (Å²) in [5.41, 5.74) is 6.92. The van der Waals surface area contributed by atoms with Gasteiger partial charge >= 0.3 is 16.4 Å². The van der Waals surface area contributed by atoms with Crippen LogP contribution in [0, 0.1) is 0 Å². The zero-order chi connectivity index (χ0) is 15.7. The van der Waals surface area contributed by atoms with Crippen LogP contribution in [0.3, 0.4) is 0 Å². The smallest absolute Gasteiger partial charge is 0.324 e. The third-order valence-electron chi connectivity index (χ3n) is 3.23. The van der Waals surface area contributed by atoms with Crippen molar-refractivity contribution in [2.75, 3.05) is 17.4 Å². The number of anilines is 1. The Morgan fingerprint density at radius 1 is 1.33 bits per heavy atom. The number of para-hydroxylation sites is 1. The molecule has 0 bridgehead atoms. The number of nitrogens with two attached hydrogens (primary N) is 1. The third kappa shape index (κ3) is 3.86. The first-order valence-electron chi connectivity index (χ1n) is 6.39. The summed E-state index contributed by atoms with van der Waals surface area (Å²) < 4.78 is 63.5. The number of nitrogens with one attached hydrogen (secondary N) is 1. The Labute approximate surface area is 121 Å². The van der Waals surface area contributed by atoms with E-state index < -0.39 is 22.9 Å². The monoisotopic (exact) mass is 323 g/mol. The van der Waals surface area contributed by atoms with Crippen molar-refractivity contribution in [3.63, 3.8) is 0 Å². The van der Waals surface area contributed by atoms with Crippen molar-refractivity contribution < 1.29 is 21.6 Å². The summed E-state index contributed by atoms with van der Waals surface area (Å²) in [6.07, 6.45) is -3.56. The summed E-state index contributed by atoms with van der Waals surface area (Å²) in [6.45, 7) is -1.50. The van der Waals surface area contributed by atoms with Gasteiger partial charge in [0.05, 0.1) is 5.69 Å². The molecule has 1 aliphatic heterocycles. The Morgan fingerprint density at radius 2 is 2.00 bits per heavy atom. The Balaban J connectivity index is 2.32. The number of hydrogen-bond acceptors (Lipinski definition) is 3. The van der Waals surface area contributed by atoms with Crippen molar-refractivity contribution in [1.29, 1.82) is 0 Å². The molecule has 1 unspecified atom stereocenters. The van der Waals surface area contributed by atoms with Crippen LogP contribution in [0.25, 0.3) is 0 Å². The van der Waals surface area contributed by atoms with Crippen molar-refractivity contribution in [3.05, 3.63) is 29.8 Å². The molecule has 0 radical (unpaired) electrons. The maximum Gasteiger partial charge on any atom is 0.402 e. The molecule has 1 aromatic rings. The zero-order valence-electron chi connectivity index (χ0n) is 11.1. The van der Waals surface area contributed by atoms with Gasteiger partial charge in [0.15, 0.2) is 0 Å². The second-order valence-electron chi connectivity index (χ2n) is 4.82. The lowest BCUT2D eigenvalue weighted by molar-refractivity contribution is -0.121. The van der Waals surface area contributed by atoms with E-state index in [1.165, 1.54) is 0 Å². The van der Waals surface area contributed by atoms with Gasteiger partial charge in [-0.05, 0) is 24.5 Å². The highest BCUT2D eigenvalue weighted by atomic mass is 32.2. The SMILES string of the molecule is NC1CCCN(S(=O)(=O)NCC(F)(F)F)c2ccccc21. The van der Waals surface area contributed by atoms with Crippen molar-refractivity contribution in [1.82, 2.24) is 4.72 Å². The van der Waals surface area contributed by atoms with Crippen molar-refractivity contribution in [2.24, 2.45) is 5.73 Å². The molecule has 2 rings (SSSR count). The minimum Gasteiger partial charge on any atom is -0.324 e. The highest BCUT2D eigenvalue weighted by molar-refractivity contribution is 7.90. The first-order valence-corrected chi connectivity index (χ1v) is 7.83. The minimum absolute atomic E-state index is 0.0951. The molecule has 0 fully saturated rings. The van der Waals surface area contributed by atoms with E-state index in [4.69, 9.17) is 5.73 Å². The standard InChI is InChI=1S/C12H16F3N3O2S/c13-12(14,15)8-17-21(19,20)18-7-3-5-10(16)9-4-1-2-6-11(9)18/h1-2,4,6,10,17H,3,5,7-8,16H2. The first-order chi connectivity index (χ1) is 9.71. The molecular weight excluding hydrogens is 307 g/mol. The van der Waals surface area contributed by atoms with Gasteiger partial charge in [-0.2, -0.15) is 26.3 Å². The molecule has 0 aliphatic carbocycles. The number of halogens is 3. The van der Waals surface area contributed by atoms with Gasteiger partial charge in [-0.15, -0.1) is 0 Å². The average molecular weight is 323 g/mol. The Kier molecular flexibility index (Phi) is 4.45. The van der Waals surface area contributed by atoms with Gasteiger partial charge in [0.25, 0.3) is 0 Å². The summed E-state index contributed by atoms with van der Waals surface area (Å²) in [5.74, 6) is 0. The van der Waals surface area contributed by atoms with Crippen LogP contribution in [0.15, 0.2) is 24.3 Å². The lowest BCUT2D eigenvalue weighted by atomic mass is 10.0. The molecule has 0 saturated carbocycles. The van der Waals surface area contributed by atoms with Gasteiger partial charge in [0.1, 0.15) is 6.54 Å². The largest absolute Gasteiger partial charge is 0.402 e. The van der Waals surface area contributed by atoms with Crippen molar-refractivity contribution >= 4 is 15.9 Å². The van der Waals surface area contributed by atoms with E-state index in [9.17, 15) is 21.6 Å². The average Bonchev–Trinajstić information content (AvgIpc) is 2.56. The molecule has 0 aromatic heterocycles. The molecular formula is C12H16F3N3O2S. The van der Waals surface area contributed by atoms with E-state index >= 15 is 0 Å². The van der Waals surface area contributed by atoms with E-state index in [-0.39, 0.29) is 12.6 Å².